The fourth-order valence-electron chi connectivity index (χ4n) is 1.31. The lowest BCUT2D eigenvalue weighted by Gasteiger charge is -2.28. The quantitative estimate of drug-likeness (QED) is 0.583. The summed E-state index contributed by atoms with van der Waals surface area (Å²) in [6.45, 7) is 2.31. The zero-order valence-electron chi connectivity index (χ0n) is 5.61. The molecule has 1 rings (SSSR count). The number of halogens is 2. The van der Waals surface area contributed by atoms with Crippen molar-refractivity contribution in [2.45, 2.75) is 35.8 Å². The van der Waals surface area contributed by atoms with Crippen LogP contribution in [0.25, 0.3) is 0 Å². The monoisotopic (exact) mass is 254 g/mol. The number of hydrogen-bond acceptors (Lipinski definition) is 0. The Morgan fingerprint density at radius 1 is 1.22 bits per heavy atom. The molecular formula is C7H12Br2. The molecule has 0 radical (unpaired) electrons. The fourth-order valence-corrected chi connectivity index (χ4v) is 2.68. The molecule has 1 fully saturated rings. The Bertz CT molecular complexity index is 82.9. The maximum absolute atomic E-state index is 3.67. The van der Waals surface area contributed by atoms with Crippen molar-refractivity contribution in [3.63, 3.8) is 0 Å². The van der Waals surface area contributed by atoms with Crippen molar-refractivity contribution in [1.82, 2.24) is 0 Å². The van der Waals surface area contributed by atoms with E-state index in [-0.39, 0.29) is 0 Å². The first-order valence-electron chi connectivity index (χ1n) is 3.50. The van der Waals surface area contributed by atoms with Crippen LogP contribution < -0.4 is 0 Å². The molecular weight excluding hydrogens is 244 g/mol. The molecule has 0 N–H and O–H groups in total. The van der Waals surface area contributed by atoms with Gasteiger partial charge in [-0.1, -0.05) is 45.2 Å². The van der Waals surface area contributed by atoms with Crippen molar-refractivity contribution in [3.05, 3.63) is 0 Å². The van der Waals surface area contributed by atoms with E-state index in [0.29, 0.717) is 9.65 Å². The van der Waals surface area contributed by atoms with Crippen molar-refractivity contribution < 1.29 is 0 Å². The minimum Gasteiger partial charge on any atom is -0.0878 e. The lowest BCUT2D eigenvalue weighted by Crippen LogP contribution is -2.26. The van der Waals surface area contributed by atoms with E-state index in [1.54, 1.807) is 0 Å². The van der Waals surface area contributed by atoms with Gasteiger partial charge in [0.1, 0.15) is 0 Å². The summed E-state index contributed by atoms with van der Waals surface area (Å²) in [5.74, 6) is 0.850. The van der Waals surface area contributed by atoms with Gasteiger partial charge in [0.2, 0.25) is 0 Å². The van der Waals surface area contributed by atoms with Crippen LogP contribution in [0.1, 0.15) is 26.2 Å². The first kappa shape index (κ1) is 8.06. The minimum atomic E-state index is 0.700. The smallest absolute Gasteiger partial charge is 0.0296 e. The van der Waals surface area contributed by atoms with Crippen LogP contribution in [0.4, 0.5) is 0 Å². The molecule has 0 unspecified atom stereocenters. The van der Waals surface area contributed by atoms with Crippen LogP contribution in [-0.4, -0.2) is 9.65 Å². The van der Waals surface area contributed by atoms with E-state index in [4.69, 9.17) is 0 Å². The molecule has 0 bridgehead atoms. The van der Waals surface area contributed by atoms with E-state index in [1.165, 1.54) is 19.3 Å². The van der Waals surface area contributed by atoms with Crippen LogP contribution >= 0.6 is 31.9 Å². The number of rotatable bonds is 0. The highest BCUT2D eigenvalue weighted by Gasteiger charge is 2.25. The molecule has 0 heterocycles. The fraction of sp³-hybridized carbons (Fsp3) is 1.00. The Morgan fingerprint density at radius 2 is 1.89 bits per heavy atom. The SMILES string of the molecule is C[C@@H]1CCC[C@@H](Br)[C@H]1Br. The Kier molecular flexibility index (Phi) is 3.03. The van der Waals surface area contributed by atoms with Gasteiger partial charge in [-0.3, -0.25) is 0 Å². The summed E-state index contributed by atoms with van der Waals surface area (Å²) in [7, 11) is 0. The van der Waals surface area contributed by atoms with Crippen LogP contribution in [0.15, 0.2) is 0 Å². The summed E-state index contributed by atoms with van der Waals surface area (Å²) in [6, 6.07) is 0. The van der Waals surface area contributed by atoms with Gasteiger partial charge in [0.05, 0.1) is 0 Å². The Hall–Kier alpha value is 0.960. The predicted octanol–water partition coefficient (Wildman–Crippen LogP) is 3.33. The molecule has 1 saturated carbocycles. The van der Waals surface area contributed by atoms with Gasteiger partial charge in [-0.05, 0) is 18.8 Å². The molecule has 1 aliphatic carbocycles. The van der Waals surface area contributed by atoms with E-state index in [0.717, 1.165) is 5.92 Å². The molecule has 0 aromatic carbocycles. The summed E-state index contributed by atoms with van der Waals surface area (Å²) in [5, 5.41) is 0. The van der Waals surface area contributed by atoms with Crippen molar-refractivity contribution in [3.8, 4) is 0 Å². The summed E-state index contributed by atoms with van der Waals surface area (Å²) < 4.78 is 0. The van der Waals surface area contributed by atoms with Gasteiger partial charge >= 0.3 is 0 Å². The normalized spacial score (nSPS) is 45.0. The molecule has 0 saturated heterocycles. The molecule has 54 valence electrons. The van der Waals surface area contributed by atoms with Gasteiger partial charge in [-0.15, -0.1) is 0 Å². The predicted molar refractivity (Wildman–Crippen MR) is 48.4 cm³/mol. The topological polar surface area (TPSA) is 0 Å². The third-order valence-corrected chi connectivity index (χ3v) is 5.31. The third kappa shape index (κ3) is 1.94. The van der Waals surface area contributed by atoms with Crippen LogP contribution in [0.2, 0.25) is 0 Å². The largest absolute Gasteiger partial charge is 0.0878 e. The molecule has 1 aliphatic rings. The third-order valence-electron chi connectivity index (χ3n) is 2.03. The first-order chi connectivity index (χ1) is 4.22. The van der Waals surface area contributed by atoms with Crippen molar-refractivity contribution in [2.75, 3.05) is 0 Å². The molecule has 9 heavy (non-hydrogen) atoms. The Morgan fingerprint density at radius 3 is 2.33 bits per heavy atom. The van der Waals surface area contributed by atoms with Crippen molar-refractivity contribution in [1.29, 1.82) is 0 Å². The first-order valence-corrected chi connectivity index (χ1v) is 5.33. The van der Waals surface area contributed by atoms with Gasteiger partial charge in [0.25, 0.3) is 0 Å². The number of alkyl halides is 2. The van der Waals surface area contributed by atoms with E-state index in [2.05, 4.69) is 38.8 Å². The molecule has 2 heteroatoms. The lowest BCUT2D eigenvalue weighted by molar-refractivity contribution is 0.415. The van der Waals surface area contributed by atoms with Crippen LogP contribution in [0.3, 0.4) is 0 Å². The average molecular weight is 256 g/mol. The molecule has 0 aliphatic heterocycles. The maximum atomic E-state index is 3.67. The van der Waals surface area contributed by atoms with E-state index >= 15 is 0 Å². The summed E-state index contributed by atoms with van der Waals surface area (Å²) in [5.41, 5.74) is 0. The molecule has 0 amide bonds. The zero-order valence-corrected chi connectivity index (χ0v) is 8.78. The second-order valence-corrected chi connectivity index (χ2v) is 5.10. The molecule has 0 aromatic heterocycles. The van der Waals surface area contributed by atoms with E-state index in [9.17, 15) is 0 Å². The van der Waals surface area contributed by atoms with Gasteiger partial charge in [-0.25, -0.2) is 0 Å². The maximum Gasteiger partial charge on any atom is 0.0296 e. The highest BCUT2D eigenvalue weighted by atomic mass is 79.9. The average Bonchev–Trinajstić information content (AvgIpc) is 1.83. The van der Waals surface area contributed by atoms with Crippen LogP contribution in [0.5, 0.6) is 0 Å². The highest BCUT2D eigenvalue weighted by Crippen LogP contribution is 2.33. The standard InChI is InChI=1S/C7H12Br2/c1-5-3-2-4-6(8)7(5)9/h5-7H,2-4H2,1H3/t5-,6-,7+/m1/s1. The zero-order chi connectivity index (χ0) is 6.85. The van der Waals surface area contributed by atoms with Crippen molar-refractivity contribution in [2.24, 2.45) is 5.92 Å². The summed E-state index contributed by atoms with van der Waals surface area (Å²) in [4.78, 5) is 1.41. The second kappa shape index (κ2) is 3.38. The van der Waals surface area contributed by atoms with Crippen molar-refractivity contribution >= 4 is 31.9 Å². The minimum absolute atomic E-state index is 0.700. The van der Waals surface area contributed by atoms with E-state index in [1.807, 2.05) is 0 Å². The Balaban J connectivity index is 2.41. The lowest BCUT2D eigenvalue weighted by atomic mass is 9.91. The van der Waals surface area contributed by atoms with Crippen LogP contribution in [0, 0.1) is 5.92 Å². The van der Waals surface area contributed by atoms with Gasteiger partial charge in [0, 0.05) is 9.65 Å². The second-order valence-electron chi connectivity index (χ2n) is 2.87. The highest BCUT2D eigenvalue weighted by molar-refractivity contribution is 9.12. The van der Waals surface area contributed by atoms with Gasteiger partial charge < -0.3 is 0 Å². The summed E-state index contributed by atoms with van der Waals surface area (Å²) >= 11 is 7.32. The number of hydrogen-bond donors (Lipinski definition) is 0. The Labute approximate surface area is 73.7 Å². The molecule has 0 spiro atoms. The van der Waals surface area contributed by atoms with Crippen LogP contribution in [-0.2, 0) is 0 Å². The molecule has 0 aromatic rings. The van der Waals surface area contributed by atoms with Gasteiger partial charge in [-0.2, -0.15) is 0 Å². The summed E-state index contributed by atoms with van der Waals surface area (Å²) in [6.07, 6.45) is 4.11. The van der Waals surface area contributed by atoms with Gasteiger partial charge in [0.15, 0.2) is 0 Å². The molecule has 3 atom stereocenters. The molecule has 0 nitrogen and oxygen atoms in total. The van der Waals surface area contributed by atoms with E-state index < -0.39 is 0 Å².